The van der Waals surface area contributed by atoms with Gasteiger partial charge in [-0.05, 0) is 24.7 Å². The number of ether oxygens (including phenoxy) is 1. The van der Waals surface area contributed by atoms with Crippen molar-refractivity contribution in [2.45, 2.75) is 59.0 Å². The molecule has 1 fully saturated rings. The zero-order valence-electron chi connectivity index (χ0n) is 10.5. The van der Waals surface area contributed by atoms with Crippen molar-refractivity contribution in [1.82, 2.24) is 0 Å². The van der Waals surface area contributed by atoms with Crippen LogP contribution in [0.5, 0.6) is 0 Å². The average Bonchev–Trinajstić information content (AvgIpc) is 2.63. The van der Waals surface area contributed by atoms with Crippen LogP contribution in [0.25, 0.3) is 0 Å². The van der Waals surface area contributed by atoms with E-state index in [2.05, 4.69) is 20.8 Å². The van der Waals surface area contributed by atoms with Crippen molar-refractivity contribution in [2.75, 3.05) is 13.2 Å². The molecule has 1 N–H and O–H groups in total. The third kappa shape index (κ3) is 5.53. The van der Waals surface area contributed by atoms with Gasteiger partial charge in [0.1, 0.15) is 0 Å². The van der Waals surface area contributed by atoms with Gasteiger partial charge in [-0.15, -0.1) is 0 Å². The lowest BCUT2D eigenvalue weighted by Gasteiger charge is -2.19. The van der Waals surface area contributed by atoms with Gasteiger partial charge >= 0.3 is 0 Å². The fourth-order valence-corrected chi connectivity index (χ4v) is 2.10. The Morgan fingerprint density at radius 3 is 2.60 bits per heavy atom. The van der Waals surface area contributed by atoms with Crippen LogP contribution < -0.4 is 0 Å². The summed E-state index contributed by atoms with van der Waals surface area (Å²) in [6.07, 6.45) is 5.49. The number of unbranched alkanes of at least 4 members (excludes halogenated alkanes) is 1. The monoisotopic (exact) mass is 214 g/mol. The quantitative estimate of drug-likeness (QED) is 0.713. The van der Waals surface area contributed by atoms with E-state index in [9.17, 15) is 5.11 Å². The van der Waals surface area contributed by atoms with E-state index in [1.54, 1.807) is 0 Å². The molecule has 1 heterocycles. The molecule has 0 saturated carbocycles. The van der Waals surface area contributed by atoms with Gasteiger partial charge in [-0.25, -0.2) is 0 Å². The Bertz CT molecular complexity index is 166. The fourth-order valence-electron chi connectivity index (χ4n) is 2.10. The lowest BCUT2D eigenvalue weighted by atomic mass is 9.88. The molecule has 90 valence electrons. The standard InChI is InChI=1S/C13H26O2/c1-13(2,3)8-5-4-6-12(14)11-7-9-15-10-11/h11-12,14H,4-10H2,1-3H3. The first-order valence-corrected chi connectivity index (χ1v) is 6.25. The molecule has 1 rings (SSSR count). The summed E-state index contributed by atoms with van der Waals surface area (Å²) in [5, 5.41) is 9.90. The molecular formula is C13H26O2. The molecule has 2 heteroatoms. The van der Waals surface area contributed by atoms with Crippen LogP contribution in [0, 0.1) is 11.3 Å². The predicted octanol–water partition coefficient (Wildman–Crippen LogP) is 2.99. The first-order valence-electron chi connectivity index (χ1n) is 6.25. The summed E-state index contributed by atoms with van der Waals surface area (Å²) in [6, 6.07) is 0. The molecule has 15 heavy (non-hydrogen) atoms. The first-order chi connectivity index (χ1) is 6.99. The molecule has 1 saturated heterocycles. The Balaban J connectivity index is 2.04. The molecule has 0 spiro atoms. The van der Waals surface area contributed by atoms with E-state index in [0.29, 0.717) is 11.3 Å². The van der Waals surface area contributed by atoms with Crippen LogP contribution in [-0.4, -0.2) is 24.4 Å². The molecule has 0 aliphatic carbocycles. The molecular weight excluding hydrogens is 188 g/mol. The van der Waals surface area contributed by atoms with Crippen LogP contribution >= 0.6 is 0 Å². The lowest BCUT2D eigenvalue weighted by Crippen LogP contribution is -2.20. The zero-order valence-corrected chi connectivity index (χ0v) is 10.5. The van der Waals surface area contributed by atoms with E-state index in [1.165, 1.54) is 12.8 Å². The first kappa shape index (κ1) is 13.0. The van der Waals surface area contributed by atoms with Crippen molar-refractivity contribution in [3.05, 3.63) is 0 Å². The number of hydrogen-bond acceptors (Lipinski definition) is 2. The number of hydrogen-bond donors (Lipinski definition) is 1. The molecule has 0 radical (unpaired) electrons. The van der Waals surface area contributed by atoms with Gasteiger partial charge in [0.15, 0.2) is 0 Å². The minimum absolute atomic E-state index is 0.132. The Hall–Kier alpha value is -0.0800. The highest BCUT2D eigenvalue weighted by atomic mass is 16.5. The van der Waals surface area contributed by atoms with Crippen molar-refractivity contribution in [3.8, 4) is 0 Å². The maximum Gasteiger partial charge on any atom is 0.0591 e. The van der Waals surface area contributed by atoms with Gasteiger partial charge in [-0.3, -0.25) is 0 Å². The molecule has 0 aromatic carbocycles. The highest BCUT2D eigenvalue weighted by Crippen LogP contribution is 2.24. The second kappa shape index (κ2) is 5.86. The van der Waals surface area contributed by atoms with Gasteiger partial charge < -0.3 is 9.84 Å². The normalized spacial score (nSPS) is 24.4. The summed E-state index contributed by atoms with van der Waals surface area (Å²) in [7, 11) is 0. The molecule has 0 aromatic heterocycles. The topological polar surface area (TPSA) is 29.5 Å². The number of aliphatic hydroxyl groups excluding tert-OH is 1. The Morgan fingerprint density at radius 1 is 1.33 bits per heavy atom. The molecule has 1 aliphatic rings. The summed E-state index contributed by atoms with van der Waals surface area (Å²) in [6.45, 7) is 8.42. The van der Waals surface area contributed by atoms with Crippen molar-refractivity contribution >= 4 is 0 Å². The van der Waals surface area contributed by atoms with Crippen LogP contribution in [0.4, 0.5) is 0 Å². The molecule has 1 aliphatic heterocycles. The minimum atomic E-state index is -0.132. The van der Waals surface area contributed by atoms with Crippen molar-refractivity contribution in [1.29, 1.82) is 0 Å². The average molecular weight is 214 g/mol. The largest absolute Gasteiger partial charge is 0.393 e. The van der Waals surface area contributed by atoms with Crippen LogP contribution in [0.2, 0.25) is 0 Å². The molecule has 0 aromatic rings. The smallest absolute Gasteiger partial charge is 0.0591 e. The van der Waals surface area contributed by atoms with Gasteiger partial charge in [-0.1, -0.05) is 33.6 Å². The maximum atomic E-state index is 9.90. The van der Waals surface area contributed by atoms with Gasteiger partial charge in [0.25, 0.3) is 0 Å². The van der Waals surface area contributed by atoms with E-state index in [4.69, 9.17) is 4.74 Å². The van der Waals surface area contributed by atoms with Gasteiger partial charge in [0.2, 0.25) is 0 Å². The fraction of sp³-hybridized carbons (Fsp3) is 1.00. The van der Waals surface area contributed by atoms with E-state index >= 15 is 0 Å². The maximum absolute atomic E-state index is 9.90. The van der Waals surface area contributed by atoms with Gasteiger partial charge in [-0.2, -0.15) is 0 Å². The summed E-state index contributed by atoms with van der Waals surface area (Å²) >= 11 is 0. The van der Waals surface area contributed by atoms with E-state index < -0.39 is 0 Å². The summed E-state index contributed by atoms with van der Waals surface area (Å²) in [5.74, 6) is 0.402. The second-order valence-electron chi connectivity index (χ2n) is 6.00. The Morgan fingerprint density at radius 2 is 2.07 bits per heavy atom. The van der Waals surface area contributed by atoms with Crippen LogP contribution in [0.1, 0.15) is 52.9 Å². The Labute approximate surface area is 94.0 Å². The highest BCUT2D eigenvalue weighted by molar-refractivity contribution is 4.73. The highest BCUT2D eigenvalue weighted by Gasteiger charge is 2.23. The van der Waals surface area contributed by atoms with E-state index in [-0.39, 0.29) is 6.10 Å². The predicted molar refractivity (Wildman–Crippen MR) is 62.9 cm³/mol. The van der Waals surface area contributed by atoms with E-state index in [0.717, 1.165) is 32.5 Å². The van der Waals surface area contributed by atoms with Crippen molar-refractivity contribution in [3.63, 3.8) is 0 Å². The van der Waals surface area contributed by atoms with Gasteiger partial charge in [0, 0.05) is 12.5 Å². The third-order valence-corrected chi connectivity index (χ3v) is 3.19. The molecule has 0 amide bonds. The molecule has 2 unspecified atom stereocenters. The summed E-state index contributed by atoms with van der Waals surface area (Å²) in [5.41, 5.74) is 0.432. The van der Waals surface area contributed by atoms with Crippen LogP contribution in [-0.2, 0) is 4.74 Å². The van der Waals surface area contributed by atoms with Crippen molar-refractivity contribution < 1.29 is 9.84 Å². The summed E-state index contributed by atoms with van der Waals surface area (Å²) < 4.78 is 5.28. The van der Waals surface area contributed by atoms with E-state index in [1.807, 2.05) is 0 Å². The lowest BCUT2D eigenvalue weighted by molar-refractivity contribution is 0.0819. The molecule has 2 nitrogen and oxygen atoms in total. The SMILES string of the molecule is CC(C)(C)CCCCC(O)C1CCOC1. The molecule has 2 atom stereocenters. The Kier molecular flexibility index (Phi) is 5.07. The van der Waals surface area contributed by atoms with Crippen LogP contribution in [0.3, 0.4) is 0 Å². The van der Waals surface area contributed by atoms with Crippen molar-refractivity contribution in [2.24, 2.45) is 11.3 Å². The van der Waals surface area contributed by atoms with Gasteiger partial charge in [0.05, 0.1) is 12.7 Å². The number of rotatable bonds is 5. The summed E-state index contributed by atoms with van der Waals surface area (Å²) in [4.78, 5) is 0. The minimum Gasteiger partial charge on any atom is -0.393 e. The number of aliphatic hydroxyl groups is 1. The second-order valence-corrected chi connectivity index (χ2v) is 6.00. The zero-order chi connectivity index (χ0) is 11.3. The molecule has 0 bridgehead atoms. The van der Waals surface area contributed by atoms with Crippen LogP contribution in [0.15, 0.2) is 0 Å². The third-order valence-electron chi connectivity index (χ3n) is 3.19.